The van der Waals surface area contributed by atoms with E-state index in [1.807, 2.05) is 30.3 Å². The van der Waals surface area contributed by atoms with E-state index in [2.05, 4.69) is 4.98 Å². The second kappa shape index (κ2) is 6.92. The molecular weight excluding hydrogens is 312 g/mol. The summed E-state index contributed by atoms with van der Waals surface area (Å²) in [5.41, 5.74) is 1.13. The van der Waals surface area contributed by atoms with Crippen molar-refractivity contribution >= 4 is 23.3 Å². The van der Waals surface area contributed by atoms with E-state index in [1.54, 1.807) is 17.2 Å². The molecular formula is C18H17ClN2O2. The Bertz CT molecular complexity index is 718. The highest BCUT2D eigenvalue weighted by Gasteiger charge is 2.31. The van der Waals surface area contributed by atoms with Crippen molar-refractivity contribution in [1.82, 2.24) is 9.88 Å². The van der Waals surface area contributed by atoms with Gasteiger partial charge in [0.1, 0.15) is 0 Å². The third kappa shape index (κ3) is 3.42. The third-order valence-electron chi connectivity index (χ3n) is 4.16. The molecule has 1 amide bonds. The van der Waals surface area contributed by atoms with Gasteiger partial charge in [0, 0.05) is 37.0 Å². The molecule has 0 bridgehead atoms. The Morgan fingerprint density at radius 1 is 1.22 bits per heavy atom. The quantitative estimate of drug-likeness (QED) is 0.805. The van der Waals surface area contributed by atoms with Crippen molar-refractivity contribution in [3.05, 3.63) is 64.9 Å². The molecule has 4 nitrogen and oxygen atoms in total. The van der Waals surface area contributed by atoms with Crippen LogP contribution in [-0.2, 0) is 0 Å². The fraction of sp³-hybridized carbons (Fsp3) is 0.278. The maximum absolute atomic E-state index is 12.7. The fourth-order valence-corrected chi connectivity index (χ4v) is 3.17. The standard InChI is InChI=1S/C18H17ClN2O2/c19-16-12-20-9-8-15(16)18(23)21-10-4-7-14(21)11-17(22)13-5-2-1-3-6-13/h1-3,5-6,8-9,12,14H,4,7,10-11H2/t14-/m1/s1. The van der Waals surface area contributed by atoms with Gasteiger partial charge in [-0.1, -0.05) is 41.9 Å². The van der Waals surface area contributed by atoms with Gasteiger partial charge in [-0.05, 0) is 18.9 Å². The largest absolute Gasteiger partial charge is 0.335 e. The van der Waals surface area contributed by atoms with Gasteiger partial charge in [0.2, 0.25) is 0 Å². The van der Waals surface area contributed by atoms with Crippen molar-refractivity contribution in [3.63, 3.8) is 0 Å². The maximum Gasteiger partial charge on any atom is 0.255 e. The van der Waals surface area contributed by atoms with Gasteiger partial charge in [0.15, 0.2) is 5.78 Å². The summed E-state index contributed by atoms with van der Waals surface area (Å²) < 4.78 is 0. The molecule has 3 rings (SSSR count). The number of benzene rings is 1. The Hall–Kier alpha value is -2.20. The van der Waals surface area contributed by atoms with Crippen LogP contribution >= 0.6 is 11.6 Å². The summed E-state index contributed by atoms with van der Waals surface area (Å²) in [7, 11) is 0. The second-order valence-electron chi connectivity index (χ2n) is 5.64. The molecule has 5 heteroatoms. The van der Waals surface area contributed by atoms with Crippen LogP contribution in [0.15, 0.2) is 48.8 Å². The molecule has 0 unspecified atom stereocenters. The number of hydrogen-bond acceptors (Lipinski definition) is 3. The van der Waals surface area contributed by atoms with Gasteiger partial charge in [0.05, 0.1) is 10.6 Å². The molecule has 118 valence electrons. The molecule has 0 radical (unpaired) electrons. The smallest absolute Gasteiger partial charge is 0.255 e. The molecule has 0 aliphatic carbocycles. The Morgan fingerprint density at radius 2 is 2.00 bits per heavy atom. The van der Waals surface area contributed by atoms with Gasteiger partial charge < -0.3 is 4.90 Å². The number of hydrogen-bond donors (Lipinski definition) is 0. The zero-order chi connectivity index (χ0) is 16.2. The molecule has 1 saturated heterocycles. The SMILES string of the molecule is O=C(C[C@H]1CCCN1C(=O)c1ccncc1Cl)c1ccccc1. The molecule has 23 heavy (non-hydrogen) atoms. The first-order valence-electron chi connectivity index (χ1n) is 7.65. The van der Waals surface area contributed by atoms with Crippen LogP contribution < -0.4 is 0 Å². The summed E-state index contributed by atoms with van der Waals surface area (Å²) >= 11 is 6.07. The summed E-state index contributed by atoms with van der Waals surface area (Å²) in [5, 5.41) is 0.345. The maximum atomic E-state index is 12.7. The van der Waals surface area contributed by atoms with Gasteiger partial charge in [-0.25, -0.2) is 0 Å². The van der Waals surface area contributed by atoms with Crippen LogP contribution in [0.25, 0.3) is 0 Å². The molecule has 2 heterocycles. The summed E-state index contributed by atoms with van der Waals surface area (Å²) in [6, 6.07) is 10.8. The monoisotopic (exact) mass is 328 g/mol. The van der Waals surface area contributed by atoms with E-state index in [0.29, 0.717) is 29.1 Å². The number of ketones is 1. The van der Waals surface area contributed by atoms with Crippen LogP contribution in [0.3, 0.4) is 0 Å². The lowest BCUT2D eigenvalue weighted by Gasteiger charge is -2.24. The molecule has 1 aromatic carbocycles. The van der Waals surface area contributed by atoms with Crippen molar-refractivity contribution in [1.29, 1.82) is 0 Å². The first-order valence-corrected chi connectivity index (χ1v) is 8.03. The minimum atomic E-state index is -0.124. The number of carbonyl (C=O) groups excluding carboxylic acids is 2. The predicted octanol–water partition coefficient (Wildman–Crippen LogP) is 3.61. The number of halogens is 1. The number of likely N-dealkylation sites (tertiary alicyclic amines) is 1. The number of rotatable bonds is 4. The average Bonchev–Trinajstić information content (AvgIpc) is 3.03. The van der Waals surface area contributed by atoms with E-state index in [1.165, 1.54) is 6.20 Å². The second-order valence-corrected chi connectivity index (χ2v) is 6.05. The van der Waals surface area contributed by atoms with Crippen molar-refractivity contribution in [2.24, 2.45) is 0 Å². The van der Waals surface area contributed by atoms with Gasteiger partial charge in [-0.15, -0.1) is 0 Å². The minimum Gasteiger partial charge on any atom is -0.335 e. The molecule has 1 aliphatic heterocycles. The number of amides is 1. The molecule has 0 N–H and O–H groups in total. The van der Waals surface area contributed by atoms with Crippen LogP contribution in [0.5, 0.6) is 0 Å². The lowest BCUT2D eigenvalue weighted by Crippen LogP contribution is -2.37. The summed E-state index contributed by atoms with van der Waals surface area (Å²) in [5.74, 6) is -0.0584. The first kappa shape index (κ1) is 15.7. The molecule has 2 aromatic rings. The van der Waals surface area contributed by atoms with Crippen LogP contribution in [0.1, 0.15) is 40.0 Å². The number of Topliss-reactive ketones (excluding diaryl/α,β-unsaturated/α-hetero) is 1. The van der Waals surface area contributed by atoms with E-state index in [9.17, 15) is 9.59 Å². The average molecular weight is 329 g/mol. The highest BCUT2D eigenvalue weighted by atomic mass is 35.5. The summed E-state index contributed by atoms with van der Waals surface area (Å²) in [6.45, 7) is 0.657. The Balaban J connectivity index is 1.74. The lowest BCUT2D eigenvalue weighted by molar-refractivity contribution is 0.0717. The van der Waals surface area contributed by atoms with Crippen LogP contribution in [0.4, 0.5) is 0 Å². The topological polar surface area (TPSA) is 50.3 Å². The normalized spacial score (nSPS) is 17.3. The number of carbonyl (C=O) groups is 2. The molecule has 1 fully saturated rings. The van der Waals surface area contributed by atoms with Crippen molar-refractivity contribution in [2.45, 2.75) is 25.3 Å². The third-order valence-corrected chi connectivity index (χ3v) is 4.46. The van der Waals surface area contributed by atoms with E-state index in [4.69, 9.17) is 11.6 Å². The highest BCUT2D eigenvalue weighted by Crippen LogP contribution is 2.26. The number of pyridine rings is 1. The number of nitrogens with zero attached hydrogens (tertiary/aromatic N) is 2. The molecule has 1 atom stereocenters. The minimum absolute atomic E-state index is 0.0659. The van der Waals surface area contributed by atoms with Gasteiger partial charge in [-0.2, -0.15) is 0 Å². The summed E-state index contributed by atoms with van der Waals surface area (Å²) in [4.78, 5) is 30.8. The molecule has 1 aromatic heterocycles. The van der Waals surface area contributed by atoms with Gasteiger partial charge >= 0.3 is 0 Å². The van der Waals surface area contributed by atoms with E-state index < -0.39 is 0 Å². The first-order chi connectivity index (χ1) is 11.2. The number of aromatic nitrogens is 1. The predicted molar refractivity (Wildman–Crippen MR) is 88.7 cm³/mol. The molecule has 1 aliphatic rings. The van der Waals surface area contributed by atoms with Crippen molar-refractivity contribution in [2.75, 3.05) is 6.54 Å². The van der Waals surface area contributed by atoms with Crippen molar-refractivity contribution in [3.8, 4) is 0 Å². The fourth-order valence-electron chi connectivity index (χ4n) is 2.97. The molecule has 0 saturated carbocycles. The zero-order valence-corrected chi connectivity index (χ0v) is 13.4. The van der Waals surface area contributed by atoms with Gasteiger partial charge in [-0.3, -0.25) is 14.6 Å². The van der Waals surface area contributed by atoms with Gasteiger partial charge in [0.25, 0.3) is 5.91 Å². The highest BCUT2D eigenvalue weighted by molar-refractivity contribution is 6.33. The van der Waals surface area contributed by atoms with Crippen LogP contribution in [-0.4, -0.2) is 34.2 Å². The lowest BCUT2D eigenvalue weighted by atomic mass is 10.0. The molecule has 0 spiro atoms. The van der Waals surface area contributed by atoms with Crippen molar-refractivity contribution < 1.29 is 9.59 Å². The van der Waals surface area contributed by atoms with Crippen LogP contribution in [0.2, 0.25) is 5.02 Å². The summed E-state index contributed by atoms with van der Waals surface area (Å²) in [6.07, 6.45) is 5.11. The van der Waals surface area contributed by atoms with E-state index >= 15 is 0 Å². The van der Waals surface area contributed by atoms with E-state index in [-0.39, 0.29) is 17.7 Å². The Labute approximate surface area is 140 Å². The Morgan fingerprint density at radius 3 is 2.74 bits per heavy atom. The van der Waals surface area contributed by atoms with E-state index in [0.717, 1.165) is 12.8 Å². The van der Waals surface area contributed by atoms with Crippen LogP contribution in [0, 0.1) is 0 Å². The Kier molecular flexibility index (Phi) is 4.72. The zero-order valence-electron chi connectivity index (χ0n) is 12.6.